The molecule has 1 unspecified atom stereocenters. The first-order valence-electron chi connectivity index (χ1n) is 7.12. The second-order valence-electron chi connectivity index (χ2n) is 5.09. The van der Waals surface area contributed by atoms with Crippen molar-refractivity contribution in [1.29, 1.82) is 5.26 Å². The van der Waals surface area contributed by atoms with Crippen molar-refractivity contribution >= 4 is 0 Å². The minimum Gasteiger partial charge on any atom is -0.378 e. The Morgan fingerprint density at radius 2 is 1.62 bits per heavy atom. The zero-order valence-corrected chi connectivity index (χ0v) is 12.0. The first-order valence-corrected chi connectivity index (χ1v) is 7.12. The molecule has 0 saturated heterocycles. The molecule has 0 aliphatic rings. The normalized spacial score (nSPS) is 13.3. The van der Waals surface area contributed by atoms with Crippen molar-refractivity contribution in [1.82, 2.24) is 0 Å². The Kier molecular flexibility index (Phi) is 5.51. The molecular weight excluding hydrogens is 260 g/mol. The fourth-order valence-electron chi connectivity index (χ4n) is 2.17. The molecule has 0 bridgehead atoms. The molecule has 0 radical (unpaired) electrons. The lowest BCUT2D eigenvalue weighted by Crippen LogP contribution is -2.40. The third-order valence-corrected chi connectivity index (χ3v) is 3.42. The molecule has 21 heavy (non-hydrogen) atoms. The number of benzene rings is 2. The van der Waals surface area contributed by atoms with Crippen LogP contribution in [0.15, 0.2) is 60.7 Å². The van der Waals surface area contributed by atoms with Gasteiger partial charge in [0.1, 0.15) is 0 Å². The van der Waals surface area contributed by atoms with E-state index in [0.717, 1.165) is 18.4 Å². The average molecular weight is 280 g/mol. The van der Waals surface area contributed by atoms with Gasteiger partial charge in [0.2, 0.25) is 0 Å². The van der Waals surface area contributed by atoms with Crippen LogP contribution in [0.3, 0.4) is 0 Å². The van der Waals surface area contributed by atoms with E-state index in [-0.39, 0.29) is 6.61 Å². The van der Waals surface area contributed by atoms with Crippen LogP contribution in [-0.4, -0.2) is 13.2 Å². The molecule has 3 heteroatoms. The Labute approximate surface area is 126 Å². The lowest BCUT2D eigenvalue weighted by molar-refractivity contribution is 0.100. The monoisotopic (exact) mass is 280 g/mol. The van der Waals surface area contributed by atoms with Crippen molar-refractivity contribution in [3.63, 3.8) is 0 Å². The maximum Gasteiger partial charge on any atom is 0.153 e. The van der Waals surface area contributed by atoms with Gasteiger partial charge in [0, 0.05) is 6.61 Å². The van der Waals surface area contributed by atoms with Crippen LogP contribution in [0.1, 0.15) is 17.5 Å². The summed E-state index contributed by atoms with van der Waals surface area (Å²) in [5.41, 5.74) is 7.13. The van der Waals surface area contributed by atoms with E-state index in [1.54, 1.807) is 0 Å². The zero-order chi connectivity index (χ0) is 15.0. The van der Waals surface area contributed by atoms with Gasteiger partial charge < -0.3 is 10.5 Å². The van der Waals surface area contributed by atoms with E-state index < -0.39 is 5.54 Å². The number of nitrogens with two attached hydrogens (primary N) is 1. The SMILES string of the molecule is N#CC(N)(COCCCc1ccccc1)c1ccccc1. The topological polar surface area (TPSA) is 59.0 Å². The molecule has 2 rings (SSSR count). The Hall–Kier alpha value is -2.15. The number of aryl methyl sites for hydroxylation is 1. The van der Waals surface area contributed by atoms with Crippen LogP contribution in [0.5, 0.6) is 0 Å². The van der Waals surface area contributed by atoms with Gasteiger partial charge in [-0.05, 0) is 24.0 Å². The molecule has 0 aromatic heterocycles. The van der Waals surface area contributed by atoms with Crippen LogP contribution in [0, 0.1) is 11.3 Å². The van der Waals surface area contributed by atoms with Crippen LogP contribution in [0.2, 0.25) is 0 Å². The molecule has 0 aliphatic heterocycles. The Morgan fingerprint density at radius 3 is 2.24 bits per heavy atom. The van der Waals surface area contributed by atoms with Gasteiger partial charge in [-0.2, -0.15) is 5.26 Å². The van der Waals surface area contributed by atoms with E-state index in [4.69, 9.17) is 10.5 Å². The first kappa shape index (κ1) is 15.2. The van der Waals surface area contributed by atoms with Gasteiger partial charge >= 0.3 is 0 Å². The molecule has 1 atom stereocenters. The Morgan fingerprint density at radius 1 is 1.00 bits per heavy atom. The number of hydrogen-bond acceptors (Lipinski definition) is 3. The van der Waals surface area contributed by atoms with Crippen LogP contribution in [0.4, 0.5) is 0 Å². The summed E-state index contributed by atoms with van der Waals surface area (Å²) in [5.74, 6) is 0. The minimum absolute atomic E-state index is 0.211. The van der Waals surface area contributed by atoms with Gasteiger partial charge in [-0.25, -0.2) is 0 Å². The molecule has 0 heterocycles. The molecular formula is C18H20N2O. The quantitative estimate of drug-likeness (QED) is 0.793. The molecule has 108 valence electrons. The van der Waals surface area contributed by atoms with Crippen LogP contribution in [-0.2, 0) is 16.7 Å². The lowest BCUT2D eigenvalue weighted by Gasteiger charge is -2.21. The second kappa shape index (κ2) is 7.58. The highest BCUT2D eigenvalue weighted by atomic mass is 16.5. The lowest BCUT2D eigenvalue weighted by atomic mass is 9.94. The molecule has 2 N–H and O–H groups in total. The van der Waals surface area contributed by atoms with E-state index in [1.165, 1.54) is 5.56 Å². The number of nitrogens with zero attached hydrogens (tertiary/aromatic N) is 1. The molecule has 0 amide bonds. The van der Waals surface area contributed by atoms with E-state index in [1.807, 2.05) is 48.5 Å². The third kappa shape index (κ3) is 4.42. The van der Waals surface area contributed by atoms with Gasteiger partial charge in [0.05, 0.1) is 12.7 Å². The summed E-state index contributed by atoms with van der Waals surface area (Å²) in [4.78, 5) is 0. The van der Waals surface area contributed by atoms with Crippen molar-refractivity contribution in [2.24, 2.45) is 5.73 Å². The maximum atomic E-state index is 9.32. The molecule has 0 aliphatic carbocycles. The Balaban J connectivity index is 1.78. The minimum atomic E-state index is -1.08. The summed E-state index contributed by atoms with van der Waals surface area (Å²) >= 11 is 0. The molecule has 3 nitrogen and oxygen atoms in total. The van der Waals surface area contributed by atoms with Crippen molar-refractivity contribution in [2.75, 3.05) is 13.2 Å². The summed E-state index contributed by atoms with van der Waals surface area (Å²) in [6, 6.07) is 21.8. The average Bonchev–Trinajstić information content (AvgIpc) is 2.56. The standard InChI is InChI=1S/C18H20N2O/c19-14-18(20,17-11-5-2-6-12-17)15-21-13-7-10-16-8-3-1-4-9-16/h1-6,8-9,11-12H,7,10,13,15,20H2. The summed E-state index contributed by atoms with van der Waals surface area (Å²) in [5, 5.41) is 9.32. The van der Waals surface area contributed by atoms with Gasteiger partial charge in [-0.15, -0.1) is 0 Å². The smallest absolute Gasteiger partial charge is 0.153 e. The van der Waals surface area contributed by atoms with E-state index in [0.29, 0.717) is 6.61 Å². The number of hydrogen-bond donors (Lipinski definition) is 1. The summed E-state index contributed by atoms with van der Waals surface area (Å²) < 4.78 is 5.62. The Bertz CT molecular complexity index is 577. The van der Waals surface area contributed by atoms with Crippen molar-refractivity contribution < 1.29 is 4.74 Å². The predicted octanol–water partition coefficient (Wildman–Crippen LogP) is 3.01. The second-order valence-corrected chi connectivity index (χ2v) is 5.09. The predicted molar refractivity (Wildman–Crippen MR) is 83.5 cm³/mol. The number of nitriles is 1. The third-order valence-electron chi connectivity index (χ3n) is 3.42. The first-order chi connectivity index (χ1) is 10.2. The highest BCUT2D eigenvalue weighted by Gasteiger charge is 2.27. The summed E-state index contributed by atoms with van der Waals surface area (Å²) in [6.45, 7) is 0.810. The molecule has 0 fully saturated rings. The van der Waals surface area contributed by atoms with Crippen molar-refractivity contribution in [3.05, 3.63) is 71.8 Å². The number of rotatable bonds is 7. The van der Waals surface area contributed by atoms with Crippen LogP contribution >= 0.6 is 0 Å². The van der Waals surface area contributed by atoms with Crippen molar-refractivity contribution in [2.45, 2.75) is 18.4 Å². The highest BCUT2D eigenvalue weighted by molar-refractivity contribution is 5.30. The molecule has 0 spiro atoms. The van der Waals surface area contributed by atoms with E-state index >= 15 is 0 Å². The maximum absolute atomic E-state index is 9.32. The molecule has 2 aromatic rings. The van der Waals surface area contributed by atoms with Gasteiger partial charge in [-0.1, -0.05) is 60.7 Å². The van der Waals surface area contributed by atoms with Gasteiger partial charge in [-0.3, -0.25) is 0 Å². The summed E-state index contributed by atoms with van der Waals surface area (Å²) in [6.07, 6.45) is 1.89. The molecule has 0 saturated carbocycles. The van der Waals surface area contributed by atoms with Crippen molar-refractivity contribution in [3.8, 4) is 6.07 Å². The highest BCUT2D eigenvalue weighted by Crippen LogP contribution is 2.17. The van der Waals surface area contributed by atoms with Crippen LogP contribution in [0.25, 0.3) is 0 Å². The van der Waals surface area contributed by atoms with Gasteiger partial charge in [0.15, 0.2) is 5.54 Å². The van der Waals surface area contributed by atoms with E-state index in [2.05, 4.69) is 18.2 Å². The molecule has 2 aromatic carbocycles. The number of ether oxygens (including phenoxy) is 1. The summed E-state index contributed by atoms with van der Waals surface area (Å²) in [7, 11) is 0. The fourth-order valence-corrected chi connectivity index (χ4v) is 2.17. The zero-order valence-electron chi connectivity index (χ0n) is 12.0. The largest absolute Gasteiger partial charge is 0.378 e. The van der Waals surface area contributed by atoms with Crippen LogP contribution < -0.4 is 5.73 Å². The van der Waals surface area contributed by atoms with Gasteiger partial charge in [0.25, 0.3) is 0 Å². The van der Waals surface area contributed by atoms with E-state index in [9.17, 15) is 5.26 Å². The fraction of sp³-hybridized carbons (Fsp3) is 0.278.